The minimum absolute atomic E-state index is 0.00538. The van der Waals surface area contributed by atoms with Crippen molar-refractivity contribution in [1.29, 1.82) is 0 Å². The third kappa shape index (κ3) is 4.01. The molecule has 0 aliphatic heterocycles. The summed E-state index contributed by atoms with van der Waals surface area (Å²) in [5.74, 6) is -0.611. The molecule has 0 heterocycles. The van der Waals surface area contributed by atoms with Crippen molar-refractivity contribution in [2.24, 2.45) is 40.4 Å². The molecule has 0 unspecified atom stereocenters. The van der Waals surface area contributed by atoms with Gasteiger partial charge in [-0.1, -0.05) is 53.2 Å². The molecule has 198 valence electrons. The van der Waals surface area contributed by atoms with Crippen LogP contribution in [0.4, 0.5) is 0 Å². The highest BCUT2D eigenvalue weighted by atomic mass is 32.1. The van der Waals surface area contributed by atoms with Gasteiger partial charge in [-0.2, -0.15) is 0 Å². The zero-order valence-corrected chi connectivity index (χ0v) is 23.2. The van der Waals surface area contributed by atoms with Crippen LogP contribution in [-0.4, -0.2) is 46.0 Å². The maximum absolute atomic E-state index is 13.9. The maximum atomic E-state index is 13.9. The Morgan fingerprint density at radius 3 is 2.61 bits per heavy atom. The summed E-state index contributed by atoms with van der Waals surface area (Å²) in [5, 5.41) is 12.1. The van der Waals surface area contributed by atoms with Gasteiger partial charge in [0.25, 0.3) is 0 Å². The monoisotopic (exact) mass is 516 g/mol. The predicted molar refractivity (Wildman–Crippen MR) is 140 cm³/mol. The number of hydrogen-bond acceptors (Lipinski definition) is 7. The molecule has 36 heavy (non-hydrogen) atoms. The molecule has 3 saturated carbocycles. The van der Waals surface area contributed by atoms with Gasteiger partial charge in [-0.05, 0) is 67.8 Å². The van der Waals surface area contributed by atoms with E-state index in [0.717, 1.165) is 18.4 Å². The van der Waals surface area contributed by atoms with Crippen LogP contribution in [0, 0.1) is 40.4 Å². The largest absolute Gasteiger partial charge is 0.472 e. The molecule has 0 spiro atoms. The second-order valence-electron chi connectivity index (χ2n) is 12.1. The number of aliphatic hydroxyl groups excluding tert-OH is 1. The van der Waals surface area contributed by atoms with Crippen LogP contribution in [0.5, 0.6) is 0 Å². The molecule has 0 saturated heterocycles. The van der Waals surface area contributed by atoms with E-state index in [4.69, 9.17) is 21.7 Å². The van der Waals surface area contributed by atoms with Crippen LogP contribution in [0.25, 0.3) is 0 Å². The van der Waals surface area contributed by atoms with Crippen LogP contribution >= 0.6 is 12.2 Å². The molecular formula is C29H40O6S. The SMILES string of the molecule is CCC(=S)O[C@]1(C(=O)COC(=O)C(C)C)CC[C@H]2[C@@H]3C[C@H](C)C4=CC(=O)C=C[C@]4(C)[C@H]3[C@@H](O)C[C@@]21C. The minimum atomic E-state index is -1.24. The first kappa shape index (κ1) is 27.2. The second-order valence-corrected chi connectivity index (χ2v) is 12.6. The molecule has 8 atom stereocenters. The number of allylic oxidation sites excluding steroid dienone is 4. The average Bonchev–Trinajstić information content (AvgIpc) is 3.10. The Hall–Kier alpha value is -1.86. The van der Waals surface area contributed by atoms with E-state index in [2.05, 4.69) is 20.8 Å². The average molecular weight is 517 g/mol. The van der Waals surface area contributed by atoms with Crippen LogP contribution in [0.3, 0.4) is 0 Å². The van der Waals surface area contributed by atoms with E-state index in [-0.39, 0.29) is 47.8 Å². The van der Waals surface area contributed by atoms with Crippen LogP contribution < -0.4 is 0 Å². The first-order chi connectivity index (χ1) is 16.8. The number of fused-ring (bicyclic) bond motifs is 5. The zero-order chi connectivity index (χ0) is 26.6. The zero-order valence-electron chi connectivity index (χ0n) is 22.3. The number of aliphatic hydroxyl groups is 1. The predicted octanol–water partition coefficient (Wildman–Crippen LogP) is 4.77. The fraction of sp³-hybridized carbons (Fsp3) is 0.724. The smallest absolute Gasteiger partial charge is 0.308 e. The summed E-state index contributed by atoms with van der Waals surface area (Å²) < 4.78 is 11.8. The molecule has 3 fully saturated rings. The van der Waals surface area contributed by atoms with Gasteiger partial charge in [-0.15, -0.1) is 0 Å². The van der Waals surface area contributed by atoms with Gasteiger partial charge in [0.15, 0.2) is 23.0 Å². The summed E-state index contributed by atoms with van der Waals surface area (Å²) in [5.41, 5.74) is -1.21. The van der Waals surface area contributed by atoms with E-state index in [1.165, 1.54) is 0 Å². The molecule has 0 radical (unpaired) electrons. The van der Waals surface area contributed by atoms with E-state index >= 15 is 0 Å². The standard InChI is InChI=1S/C29H40O6S/c1-7-24(36)35-29(23(32)15-34-26(33)16(2)3)11-9-20-19-12-17(4)21-13-18(30)8-10-27(21,5)25(19)22(31)14-28(20,29)6/h8,10,13,16-17,19-20,22,25,31H,7,9,11-12,14-15H2,1-6H3/t17-,19-,20-,22-,25+,27-,28-,29-/m0/s1. The maximum Gasteiger partial charge on any atom is 0.308 e. The van der Waals surface area contributed by atoms with Crippen molar-refractivity contribution >= 4 is 34.8 Å². The summed E-state index contributed by atoms with van der Waals surface area (Å²) in [6.07, 6.45) is 7.67. The third-order valence-electron chi connectivity index (χ3n) is 9.78. The van der Waals surface area contributed by atoms with Gasteiger partial charge in [0.1, 0.15) is 0 Å². The lowest BCUT2D eigenvalue weighted by molar-refractivity contribution is -0.179. The van der Waals surface area contributed by atoms with E-state index in [1.807, 2.05) is 13.0 Å². The molecule has 0 aromatic rings. The molecular weight excluding hydrogens is 476 g/mol. The summed E-state index contributed by atoms with van der Waals surface area (Å²) in [6.45, 7) is 11.4. The van der Waals surface area contributed by atoms with E-state index in [0.29, 0.717) is 24.3 Å². The molecule has 4 aliphatic rings. The van der Waals surface area contributed by atoms with Gasteiger partial charge in [-0.3, -0.25) is 14.4 Å². The highest BCUT2D eigenvalue weighted by Gasteiger charge is 2.70. The normalized spacial score (nSPS) is 41.2. The summed E-state index contributed by atoms with van der Waals surface area (Å²) in [7, 11) is 0. The van der Waals surface area contributed by atoms with Crippen LogP contribution in [0.15, 0.2) is 23.8 Å². The van der Waals surface area contributed by atoms with Crippen molar-refractivity contribution < 1.29 is 29.0 Å². The van der Waals surface area contributed by atoms with Crippen molar-refractivity contribution in [3.05, 3.63) is 23.8 Å². The number of Topliss-reactive ketones (excluding diaryl/α,β-unsaturated/α-hetero) is 1. The fourth-order valence-electron chi connectivity index (χ4n) is 8.11. The number of carbonyl (C=O) groups excluding carboxylic acids is 3. The van der Waals surface area contributed by atoms with Crippen molar-refractivity contribution in [1.82, 2.24) is 0 Å². The third-order valence-corrected chi connectivity index (χ3v) is 10.2. The van der Waals surface area contributed by atoms with Gasteiger partial charge in [0, 0.05) is 23.2 Å². The highest BCUT2D eigenvalue weighted by Crippen LogP contribution is 2.68. The van der Waals surface area contributed by atoms with Crippen molar-refractivity contribution in [3.63, 3.8) is 0 Å². The molecule has 4 rings (SSSR count). The molecule has 0 bridgehead atoms. The Labute approximate surface area is 219 Å². The summed E-state index contributed by atoms with van der Waals surface area (Å²) >= 11 is 5.48. The Bertz CT molecular complexity index is 1030. The molecule has 0 aromatic carbocycles. The Morgan fingerprint density at radius 1 is 1.28 bits per heavy atom. The molecule has 1 N–H and O–H groups in total. The lowest BCUT2D eigenvalue weighted by Crippen LogP contribution is -2.63. The van der Waals surface area contributed by atoms with Gasteiger partial charge in [0.05, 0.1) is 12.0 Å². The number of esters is 1. The highest BCUT2D eigenvalue weighted by molar-refractivity contribution is 7.80. The van der Waals surface area contributed by atoms with Crippen LogP contribution in [0.1, 0.15) is 73.6 Å². The molecule has 0 amide bonds. The lowest BCUT2D eigenvalue weighted by atomic mass is 9.44. The van der Waals surface area contributed by atoms with E-state index in [1.54, 1.807) is 26.0 Å². The van der Waals surface area contributed by atoms with E-state index in [9.17, 15) is 19.5 Å². The van der Waals surface area contributed by atoms with Crippen molar-refractivity contribution in [3.8, 4) is 0 Å². The number of carbonyl (C=O) groups is 3. The van der Waals surface area contributed by atoms with Gasteiger partial charge in [0.2, 0.25) is 5.78 Å². The van der Waals surface area contributed by atoms with Gasteiger partial charge in [-0.25, -0.2) is 0 Å². The Morgan fingerprint density at radius 2 is 1.97 bits per heavy atom. The van der Waals surface area contributed by atoms with Crippen molar-refractivity contribution in [2.45, 2.75) is 85.4 Å². The molecule has 6 nitrogen and oxygen atoms in total. The molecule has 7 heteroatoms. The Balaban J connectivity index is 1.73. The number of ketones is 2. The Kier molecular flexibility index (Phi) is 7.15. The number of rotatable bonds is 6. The summed E-state index contributed by atoms with van der Waals surface area (Å²) in [4.78, 5) is 38.2. The van der Waals surface area contributed by atoms with Crippen molar-refractivity contribution in [2.75, 3.05) is 6.61 Å². The van der Waals surface area contributed by atoms with Crippen LogP contribution in [0.2, 0.25) is 0 Å². The molecule has 0 aromatic heterocycles. The quantitative estimate of drug-likeness (QED) is 0.402. The van der Waals surface area contributed by atoms with Crippen LogP contribution in [-0.2, 0) is 23.9 Å². The van der Waals surface area contributed by atoms with Gasteiger partial charge >= 0.3 is 5.97 Å². The number of hydrogen-bond donors (Lipinski definition) is 1. The first-order valence-corrected chi connectivity index (χ1v) is 13.8. The topological polar surface area (TPSA) is 89.9 Å². The fourth-order valence-corrected chi connectivity index (χ4v) is 8.25. The molecule has 4 aliphatic carbocycles. The lowest BCUT2D eigenvalue weighted by Gasteiger charge is -2.61. The summed E-state index contributed by atoms with van der Waals surface area (Å²) in [6, 6.07) is 0. The van der Waals surface area contributed by atoms with Gasteiger partial charge < -0.3 is 14.6 Å². The second kappa shape index (κ2) is 9.46. The minimum Gasteiger partial charge on any atom is -0.472 e. The number of ether oxygens (including phenoxy) is 2. The first-order valence-electron chi connectivity index (χ1n) is 13.4. The number of thiocarbonyl (C=S) groups is 1. The van der Waals surface area contributed by atoms with E-state index < -0.39 is 28.5 Å².